The Balaban J connectivity index is 1.66. The maximum Gasteiger partial charge on any atom is 0.279 e. The van der Waals surface area contributed by atoms with E-state index >= 15 is 0 Å². The monoisotopic (exact) mass is 379 g/mol. The Morgan fingerprint density at radius 3 is 2.64 bits per heavy atom. The molecule has 0 saturated heterocycles. The summed E-state index contributed by atoms with van der Waals surface area (Å²) in [7, 11) is 0. The van der Waals surface area contributed by atoms with Crippen molar-refractivity contribution in [2.75, 3.05) is 0 Å². The molecule has 2 aliphatic rings. The van der Waals surface area contributed by atoms with Gasteiger partial charge in [0, 0.05) is 35.9 Å². The molecule has 2 aromatic rings. The van der Waals surface area contributed by atoms with Gasteiger partial charge in [0.15, 0.2) is 23.1 Å². The number of fused-ring (bicyclic) bond motifs is 1. The van der Waals surface area contributed by atoms with E-state index in [1.807, 2.05) is 6.07 Å². The second-order valence-corrected chi connectivity index (χ2v) is 6.32. The van der Waals surface area contributed by atoms with E-state index in [4.69, 9.17) is 0 Å². The Kier molecular flexibility index (Phi) is 4.27. The molecule has 0 bridgehead atoms. The SMILES string of the molecule is C=C1C(c2ccccn2)=CN2C=CN(Cc3ccc(F)c(F)c3)C(=O)C2=C1O. The van der Waals surface area contributed by atoms with Gasteiger partial charge in [-0.1, -0.05) is 18.7 Å². The van der Waals surface area contributed by atoms with E-state index in [0.29, 0.717) is 16.8 Å². The molecular weight excluding hydrogens is 364 g/mol. The van der Waals surface area contributed by atoms with E-state index in [0.717, 1.165) is 12.1 Å². The van der Waals surface area contributed by atoms with Crippen LogP contribution in [0.2, 0.25) is 0 Å². The first-order chi connectivity index (χ1) is 13.5. The van der Waals surface area contributed by atoms with E-state index in [9.17, 15) is 18.7 Å². The summed E-state index contributed by atoms with van der Waals surface area (Å²) < 4.78 is 26.5. The van der Waals surface area contributed by atoms with Crippen molar-refractivity contribution < 1.29 is 18.7 Å². The van der Waals surface area contributed by atoms with Crippen LogP contribution in [0.25, 0.3) is 5.57 Å². The predicted octanol–water partition coefficient (Wildman–Crippen LogP) is 3.86. The van der Waals surface area contributed by atoms with Crippen LogP contribution in [-0.4, -0.2) is 25.8 Å². The van der Waals surface area contributed by atoms with Crippen LogP contribution in [-0.2, 0) is 11.3 Å². The fraction of sp³-hybridized carbons (Fsp3) is 0.0476. The lowest BCUT2D eigenvalue weighted by Gasteiger charge is -2.34. The summed E-state index contributed by atoms with van der Waals surface area (Å²) in [5.74, 6) is -2.68. The highest BCUT2D eigenvalue weighted by atomic mass is 19.2. The van der Waals surface area contributed by atoms with Crippen molar-refractivity contribution in [3.05, 3.63) is 108 Å². The van der Waals surface area contributed by atoms with Gasteiger partial charge in [0.25, 0.3) is 5.91 Å². The molecule has 1 aromatic heterocycles. The van der Waals surface area contributed by atoms with E-state index in [-0.39, 0.29) is 23.6 Å². The number of halogens is 2. The normalized spacial score (nSPS) is 16.4. The number of rotatable bonds is 3. The molecule has 0 aliphatic carbocycles. The van der Waals surface area contributed by atoms with Crippen molar-refractivity contribution >= 4 is 11.5 Å². The van der Waals surface area contributed by atoms with Gasteiger partial charge in [0.05, 0.1) is 12.2 Å². The number of allylic oxidation sites excluding steroid dienone is 1. The fourth-order valence-corrected chi connectivity index (χ4v) is 3.06. The number of benzene rings is 1. The van der Waals surface area contributed by atoms with E-state index in [2.05, 4.69) is 11.6 Å². The number of carbonyl (C=O) groups excluding carboxylic acids is 1. The smallest absolute Gasteiger partial charge is 0.279 e. The predicted molar refractivity (Wildman–Crippen MR) is 98.9 cm³/mol. The van der Waals surface area contributed by atoms with Gasteiger partial charge in [-0.2, -0.15) is 0 Å². The summed E-state index contributed by atoms with van der Waals surface area (Å²) in [6, 6.07) is 8.82. The van der Waals surface area contributed by atoms with Gasteiger partial charge < -0.3 is 14.9 Å². The van der Waals surface area contributed by atoms with Crippen LogP contribution in [0.1, 0.15) is 11.3 Å². The van der Waals surface area contributed by atoms with Gasteiger partial charge in [-0.15, -0.1) is 0 Å². The zero-order valence-corrected chi connectivity index (χ0v) is 14.6. The molecule has 1 N–H and O–H groups in total. The maximum absolute atomic E-state index is 13.4. The third-order valence-corrected chi connectivity index (χ3v) is 4.51. The highest BCUT2D eigenvalue weighted by Gasteiger charge is 2.33. The van der Waals surface area contributed by atoms with Gasteiger partial charge >= 0.3 is 0 Å². The summed E-state index contributed by atoms with van der Waals surface area (Å²) in [6.45, 7) is 3.91. The average molecular weight is 379 g/mol. The number of pyridine rings is 1. The van der Waals surface area contributed by atoms with Crippen LogP contribution in [0, 0.1) is 11.6 Å². The number of aliphatic hydroxyl groups is 1. The first kappa shape index (κ1) is 17.7. The number of nitrogens with zero attached hydrogens (tertiary/aromatic N) is 3. The Morgan fingerprint density at radius 2 is 1.93 bits per heavy atom. The van der Waals surface area contributed by atoms with Crippen LogP contribution in [0.5, 0.6) is 0 Å². The summed E-state index contributed by atoms with van der Waals surface area (Å²) in [4.78, 5) is 19.9. The van der Waals surface area contributed by atoms with Gasteiger partial charge in [0.2, 0.25) is 0 Å². The van der Waals surface area contributed by atoms with Crippen molar-refractivity contribution in [3.8, 4) is 0 Å². The molecule has 140 valence electrons. The molecule has 2 aliphatic heterocycles. The Hall–Kier alpha value is -3.74. The molecular formula is C21H15F2N3O2. The number of aromatic nitrogens is 1. The van der Waals surface area contributed by atoms with Gasteiger partial charge in [-0.25, -0.2) is 8.78 Å². The standard InChI is InChI=1S/C21H15F2N3O2/c1-13-15(18-4-2-3-7-24-18)12-25-8-9-26(21(28)19(25)20(13)27)11-14-5-6-16(22)17(23)10-14/h2-10,12,27H,1,11H2. The molecule has 3 heterocycles. The maximum atomic E-state index is 13.4. The molecule has 0 atom stereocenters. The molecule has 0 radical (unpaired) electrons. The minimum atomic E-state index is -0.983. The Bertz CT molecular complexity index is 1070. The zero-order chi connectivity index (χ0) is 19.8. The molecule has 0 unspecified atom stereocenters. The van der Waals surface area contributed by atoms with E-state index in [1.165, 1.54) is 22.1 Å². The van der Waals surface area contributed by atoms with Gasteiger partial charge in [-0.05, 0) is 29.8 Å². The van der Waals surface area contributed by atoms with Crippen molar-refractivity contribution in [1.29, 1.82) is 0 Å². The van der Waals surface area contributed by atoms with E-state index in [1.54, 1.807) is 30.7 Å². The van der Waals surface area contributed by atoms with Crippen LogP contribution in [0.4, 0.5) is 8.78 Å². The number of carbonyl (C=O) groups is 1. The largest absolute Gasteiger partial charge is 0.505 e. The summed E-state index contributed by atoms with van der Waals surface area (Å²) >= 11 is 0. The molecule has 4 rings (SSSR count). The topological polar surface area (TPSA) is 56.7 Å². The second kappa shape index (κ2) is 6.77. The quantitative estimate of drug-likeness (QED) is 0.880. The van der Waals surface area contributed by atoms with Gasteiger partial charge in [-0.3, -0.25) is 9.78 Å². The van der Waals surface area contributed by atoms with Gasteiger partial charge in [0.1, 0.15) is 0 Å². The highest BCUT2D eigenvalue weighted by Crippen LogP contribution is 2.35. The van der Waals surface area contributed by atoms with Crippen molar-refractivity contribution in [2.45, 2.75) is 6.54 Å². The zero-order valence-electron chi connectivity index (χ0n) is 14.6. The molecule has 5 nitrogen and oxygen atoms in total. The summed E-state index contributed by atoms with van der Waals surface area (Å²) in [5, 5.41) is 10.6. The molecule has 1 aromatic carbocycles. The lowest BCUT2D eigenvalue weighted by atomic mass is 9.97. The fourth-order valence-electron chi connectivity index (χ4n) is 3.06. The van der Waals surface area contributed by atoms with E-state index < -0.39 is 17.5 Å². The third-order valence-electron chi connectivity index (χ3n) is 4.51. The molecule has 0 spiro atoms. The third kappa shape index (κ3) is 2.96. The van der Waals surface area contributed by atoms with Crippen molar-refractivity contribution in [2.24, 2.45) is 0 Å². The number of hydrogen-bond acceptors (Lipinski definition) is 4. The summed E-state index contributed by atoms with van der Waals surface area (Å²) in [6.07, 6.45) is 6.41. The Morgan fingerprint density at radius 1 is 1.11 bits per heavy atom. The Labute approximate surface area is 159 Å². The van der Waals surface area contributed by atoms with Crippen molar-refractivity contribution in [3.63, 3.8) is 0 Å². The number of amides is 1. The number of hydrogen-bond donors (Lipinski definition) is 1. The second-order valence-electron chi connectivity index (χ2n) is 6.32. The van der Waals surface area contributed by atoms with Crippen LogP contribution in [0.15, 0.2) is 84.8 Å². The first-order valence-corrected chi connectivity index (χ1v) is 8.43. The lowest BCUT2D eigenvalue weighted by molar-refractivity contribution is -0.127. The molecule has 0 fully saturated rings. The van der Waals surface area contributed by atoms with Crippen LogP contribution < -0.4 is 0 Å². The van der Waals surface area contributed by atoms with Crippen LogP contribution in [0.3, 0.4) is 0 Å². The minimum Gasteiger partial charge on any atom is -0.505 e. The molecule has 0 saturated carbocycles. The van der Waals surface area contributed by atoms with Crippen LogP contribution >= 0.6 is 0 Å². The van der Waals surface area contributed by atoms with Crippen molar-refractivity contribution in [1.82, 2.24) is 14.8 Å². The molecule has 7 heteroatoms. The minimum absolute atomic E-state index is 0.0282. The summed E-state index contributed by atoms with van der Waals surface area (Å²) in [5.41, 5.74) is 1.94. The lowest BCUT2D eigenvalue weighted by Crippen LogP contribution is -2.38. The molecule has 28 heavy (non-hydrogen) atoms. The molecule has 1 amide bonds. The first-order valence-electron chi connectivity index (χ1n) is 8.43. The highest BCUT2D eigenvalue weighted by molar-refractivity contribution is 5.99. The number of aliphatic hydroxyl groups excluding tert-OH is 1. The average Bonchev–Trinajstić information content (AvgIpc) is 2.70.